The summed E-state index contributed by atoms with van der Waals surface area (Å²) in [6, 6.07) is 5.60. The van der Waals surface area contributed by atoms with Gasteiger partial charge in [0.2, 0.25) is 11.8 Å². The first-order valence-corrected chi connectivity index (χ1v) is 5.39. The number of primary amides is 2. The van der Waals surface area contributed by atoms with Gasteiger partial charge < -0.3 is 11.5 Å². The molecular formula is C12H13FN4O2. The Labute approximate surface area is 109 Å². The molecule has 0 spiro atoms. The average Bonchev–Trinajstić information content (AvgIpc) is 2.26. The molecule has 0 heterocycles. The Morgan fingerprint density at radius 1 is 1.21 bits per heavy atom. The van der Waals surface area contributed by atoms with Gasteiger partial charge in [-0.1, -0.05) is 0 Å². The molecule has 0 aliphatic heterocycles. The number of hydrogen-bond acceptors (Lipinski definition) is 4. The van der Waals surface area contributed by atoms with E-state index in [-0.39, 0.29) is 25.2 Å². The lowest BCUT2D eigenvalue weighted by Gasteiger charge is -2.19. The lowest BCUT2D eigenvalue weighted by atomic mass is 10.1. The Hall–Kier alpha value is -2.46. The highest BCUT2D eigenvalue weighted by atomic mass is 19.1. The normalized spacial score (nSPS) is 10.2. The summed E-state index contributed by atoms with van der Waals surface area (Å²) < 4.78 is 13.2. The van der Waals surface area contributed by atoms with Crippen LogP contribution in [0.2, 0.25) is 0 Å². The van der Waals surface area contributed by atoms with Crippen molar-refractivity contribution < 1.29 is 14.0 Å². The maximum atomic E-state index is 13.2. The molecule has 7 heteroatoms. The van der Waals surface area contributed by atoms with E-state index < -0.39 is 17.6 Å². The minimum Gasteiger partial charge on any atom is -0.369 e. The molecule has 2 amide bonds. The summed E-state index contributed by atoms with van der Waals surface area (Å²) in [5, 5.41) is 8.73. The molecule has 0 aromatic heterocycles. The minimum absolute atomic E-state index is 0.0956. The smallest absolute Gasteiger partial charge is 0.231 e. The highest BCUT2D eigenvalue weighted by molar-refractivity contribution is 5.79. The third-order valence-corrected chi connectivity index (χ3v) is 2.25. The lowest BCUT2D eigenvalue weighted by Crippen LogP contribution is -2.39. The van der Waals surface area contributed by atoms with Crippen LogP contribution < -0.4 is 11.5 Å². The molecule has 0 saturated heterocycles. The molecule has 0 fully saturated rings. The fourth-order valence-electron chi connectivity index (χ4n) is 1.67. The zero-order chi connectivity index (χ0) is 14.4. The lowest BCUT2D eigenvalue weighted by molar-refractivity contribution is -0.122. The zero-order valence-corrected chi connectivity index (χ0v) is 10.1. The van der Waals surface area contributed by atoms with Crippen molar-refractivity contribution in [1.29, 1.82) is 5.26 Å². The number of nitrogens with two attached hydrogens (primary N) is 2. The molecule has 6 nitrogen and oxygen atoms in total. The second-order valence-corrected chi connectivity index (χ2v) is 4.04. The van der Waals surface area contributed by atoms with E-state index in [4.69, 9.17) is 16.7 Å². The first kappa shape index (κ1) is 14.6. The van der Waals surface area contributed by atoms with Crippen LogP contribution in [0.15, 0.2) is 18.2 Å². The van der Waals surface area contributed by atoms with Gasteiger partial charge in [-0.15, -0.1) is 0 Å². The second-order valence-electron chi connectivity index (χ2n) is 4.04. The van der Waals surface area contributed by atoms with Crippen LogP contribution >= 0.6 is 0 Å². The monoisotopic (exact) mass is 264 g/mol. The maximum Gasteiger partial charge on any atom is 0.231 e. The van der Waals surface area contributed by atoms with Crippen LogP contribution in [0.3, 0.4) is 0 Å². The fraction of sp³-hybridized carbons (Fsp3) is 0.250. The van der Waals surface area contributed by atoms with E-state index in [0.717, 1.165) is 6.07 Å². The topological polar surface area (TPSA) is 113 Å². The van der Waals surface area contributed by atoms with Crippen molar-refractivity contribution in [2.45, 2.75) is 6.54 Å². The largest absolute Gasteiger partial charge is 0.369 e. The van der Waals surface area contributed by atoms with E-state index >= 15 is 0 Å². The number of nitrogens with zero attached hydrogens (tertiary/aromatic N) is 2. The summed E-state index contributed by atoms with van der Waals surface area (Å²) >= 11 is 0. The summed E-state index contributed by atoms with van der Waals surface area (Å²) in [5.41, 5.74) is 10.7. The number of halogens is 1. The zero-order valence-electron chi connectivity index (χ0n) is 10.1. The molecule has 0 bridgehead atoms. The molecule has 0 aliphatic carbocycles. The highest BCUT2D eigenvalue weighted by Crippen LogP contribution is 2.11. The standard InChI is InChI=1S/C12H13FN4O2/c13-10-2-8(4-14)1-9(3-10)5-17(6-11(15)18)7-12(16)19/h1-3H,5-7H2,(H2,15,18)(H2,16,19). The number of hydrogen-bond donors (Lipinski definition) is 2. The molecule has 4 N–H and O–H groups in total. The molecule has 0 radical (unpaired) electrons. The Bertz CT molecular complexity index is 523. The van der Waals surface area contributed by atoms with Crippen LogP contribution in [0.5, 0.6) is 0 Å². The van der Waals surface area contributed by atoms with E-state index in [1.165, 1.54) is 17.0 Å². The second kappa shape index (κ2) is 6.47. The molecular weight excluding hydrogens is 251 g/mol. The molecule has 0 saturated carbocycles. The minimum atomic E-state index is -0.627. The number of carbonyl (C=O) groups is 2. The van der Waals surface area contributed by atoms with Crippen LogP contribution in [-0.2, 0) is 16.1 Å². The van der Waals surface area contributed by atoms with Gasteiger partial charge in [0.1, 0.15) is 5.82 Å². The third kappa shape index (κ3) is 5.14. The van der Waals surface area contributed by atoms with Crippen molar-refractivity contribution in [1.82, 2.24) is 4.90 Å². The van der Waals surface area contributed by atoms with Gasteiger partial charge in [0, 0.05) is 6.54 Å². The Morgan fingerprint density at radius 2 is 1.79 bits per heavy atom. The molecule has 1 rings (SSSR count). The van der Waals surface area contributed by atoms with Gasteiger partial charge in [-0.2, -0.15) is 5.26 Å². The van der Waals surface area contributed by atoms with E-state index in [1.54, 1.807) is 0 Å². The summed E-state index contributed by atoms with van der Waals surface area (Å²) in [5.74, 6) is -1.82. The van der Waals surface area contributed by atoms with Gasteiger partial charge in [0.05, 0.1) is 24.7 Å². The van der Waals surface area contributed by atoms with Crippen molar-refractivity contribution in [3.05, 3.63) is 35.1 Å². The van der Waals surface area contributed by atoms with Crippen LogP contribution in [0.1, 0.15) is 11.1 Å². The third-order valence-electron chi connectivity index (χ3n) is 2.25. The average molecular weight is 264 g/mol. The summed E-state index contributed by atoms with van der Waals surface area (Å²) in [6.45, 7) is -0.263. The number of nitriles is 1. The number of carbonyl (C=O) groups excluding carboxylic acids is 2. The summed E-state index contributed by atoms with van der Waals surface area (Å²) in [6.07, 6.45) is 0. The predicted molar refractivity (Wildman–Crippen MR) is 64.8 cm³/mol. The first-order valence-electron chi connectivity index (χ1n) is 5.39. The molecule has 1 aromatic carbocycles. The maximum absolute atomic E-state index is 13.2. The van der Waals surface area contributed by atoms with Gasteiger partial charge in [-0.3, -0.25) is 14.5 Å². The molecule has 0 aliphatic rings. The van der Waals surface area contributed by atoms with Crippen LogP contribution in [0.4, 0.5) is 4.39 Å². The molecule has 0 unspecified atom stereocenters. The molecule has 19 heavy (non-hydrogen) atoms. The highest BCUT2D eigenvalue weighted by Gasteiger charge is 2.13. The number of benzene rings is 1. The molecule has 1 aromatic rings. The predicted octanol–water partition coefficient (Wildman–Crippen LogP) is -0.530. The quantitative estimate of drug-likeness (QED) is 0.718. The Morgan fingerprint density at radius 3 is 2.26 bits per heavy atom. The fourth-order valence-corrected chi connectivity index (χ4v) is 1.67. The van der Waals surface area contributed by atoms with Crippen LogP contribution in [0, 0.1) is 17.1 Å². The van der Waals surface area contributed by atoms with Crippen LogP contribution in [-0.4, -0.2) is 29.8 Å². The van der Waals surface area contributed by atoms with Crippen molar-refractivity contribution in [3.8, 4) is 6.07 Å². The van der Waals surface area contributed by atoms with Gasteiger partial charge in [0.25, 0.3) is 0 Å². The first-order chi connectivity index (χ1) is 8.90. The molecule has 100 valence electrons. The number of rotatable bonds is 6. The SMILES string of the molecule is N#Cc1cc(F)cc(CN(CC(N)=O)CC(N)=O)c1. The van der Waals surface area contributed by atoms with E-state index in [1.807, 2.05) is 6.07 Å². The number of amides is 2. The Balaban J connectivity index is 2.89. The summed E-state index contributed by atoms with van der Waals surface area (Å²) in [4.78, 5) is 23.1. The summed E-state index contributed by atoms with van der Waals surface area (Å²) in [7, 11) is 0. The van der Waals surface area contributed by atoms with Crippen molar-refractivity contribution in [2.24, 2.45) is 11.5 Å². The van der Waals surface area contributed by atoms with E-state index in [0.29, 0.717) is 5.56 Å². The van der Waals surface area contributed by atoms with Crippen molar-refractivity contribution in [3.63, 3.8) is 0 Å². The van der Waals surface area contributed by atoms with Gasteiger partial charge in [-0.05, 0) is 23.8 Å². The van der Waals surface area contributed by atoms with E-state index in [2.05, 4.69) is 0 Å². The van der Waals surface area contributed by atoms with Crippen LogP contribution in [0.25, 0.3) is 0 Å². The van der Waals surface area contributed by atoms with Crippen molar-refractivity contribution in [2.75, 3.05) is 13.1 Å². The van der Waals surface area contributed by atoms with E-state index in [9.17, 15) is 14.0 Å². The van der Waals surface area contributed by atoms with Gasteiger partial charge in [0.15, 0.2) is 0 Å². The van der Waals surface area contributed by atoms with Gasteiger partial charge in [-0.25, -0.2) is 4.39 Å². The Kier molecular flexibility index (Phi) is 4.97. The molecule has 0 atom stereocenters. The van der Waals surface area contributed by atoms with Crippen molar-refractivity contribution >= 4 is 11.8 Å². The van der Waals surface area contributed by atoms with Gasteiger partial charge >= 0.3 is 0 Å².